The predicted octanol–water partition coefficient (Wildman–Crippen LogP) is 2.24. The van der Waals surface area contributed by atoms with Gasteiger partial charge < -0.3 is 5.32 Å². The minimum absolute atomic E-state index is 0.0461. The summed E-state index contributed by atoms with van der Waals surface area (Å²) in [6.07, 6.45) is 5.31. The van der Waals surface area contributed by atoms with Crippen LogP contribution in [0.1, 0.15) is 28.8 Å². The molecule has 0 spiro atoms. The highest BCUT2D eigenvalue weighted by Gasteiger charge is 2.27. The average molecular weight is 396 g/mol. The molecule has 1 heterocycles. The second kappa shape index (κ2) is 7.57. The largest absolute Gasteiger partial charge is 0.348 e. The summed E-state index contributed by atoms with van der Waals surface area (Å²) >= 11 is 0. The van der Waals surface area contributed by atoms with Gasteiger partial charge in [0, 0.05) is 29.9 Å². The number of nitrogens with one attached hydrogen (secondary N) is 2. The molecule has 0 radical (unpaired) electrons. The van der Waals surface area contributed by atoms with Gasteiger partial charge in [0.2, 0.25) is 10.0 Å². The first-order valence-corrected chi connectivity index (χ1v) is 10.5. The van der Waals surface area contributed by atoms with Gasteiger partial charge in [-0.25, -0.2) is 17.8 Å². The number of aromatic nitrogens is 2. The predicted molar refractivity (Wildman–Crippen MR) is 105 cm³/mol. The Labute approximate surface area is 163 Å². The van der Waals surface area contributed by atoms with Gasteiger partial charge in [-0.15, -0.1) is 0 Å². The molecule has 28 heavy (non-hydrogen) atoms. The van der Waals surface area contributed by atoms with Crippen LogP contribution in [0.15, 0.2) is 71.9 Å². The number of para-hydroxylation sites is 1. The third-order valence-electron chi connectivity index (χ3n) is 4.44. The van der Waals surface area contributed by atoms with Crippen molar-refractivity contribution >= 4 is 15.9 Å². The number of nitrogens with zero attached hydrogens (tertiary/aromatic N) is 2. The van der Waals surface area contributed by atoms with Crippen LogP contribution in [-0.2, 0) is 16.6 Å². The molecule has 0 unspecified atom stereocenters. The summed E-state index contributed by atoms with van der Waals surface area (Å²) in [5.74, 6) is -0.272. The highest BCUT2D eigenvalue weighted by atomic mass is 32.2. The number of hydrogen-bond donors (Lipinski definition) is 2. The van der Waals surface area contributed by atoms with Crippen molar-refractivity contribution in [2.75, 3.05) is 0 Å². The van der Waals surface area contributed by atoms with Gasteiger partial charge in [0.1, 0.15) is 0 Å². The van der Waals surface area contributed by atoms with Crippen LogP contribution >= 0.6 is 0 Å². The molecule has 1 aliphatic rings. The van der Waals surface area contributed by atoms with Crippen molar-refractivity contribution in [3.8, 4) is 5.69 Å². The lowest BCUT2D eigenvalue weighted by Gasteiger charge is -2.07. The summed E-state index contributed by atoms with van der Waals surface area (Å²) in [6, 6.07) is 15.7. The Morgan fingerprint density at radius 3 is 2.46 bits per heavy atom. The smallest absolute Gasteiger partial charge is 0.251 e. The summed E-state index contributed by atoms with van der Waals surface area (Å²) in [5, 5.41) is 7.12. The van der Waals surface area contributed by atoms with Crippen molar-refractivity contribution in [1.82, 2.24) is 19.8 Å². The van der Waals surface area contributed by atoms with Crippen LogP contribution in [-0.4, -0.2) is 30.1 Å². The van der Waals surface area contributed by atoms with E-state index in [9.17, 15) is 13.2 Å². The zero-order valence-electron chi connectivity index (χ0n) is 15.1. The van der Waals surface area contributed by atoms with E-state index in [2.05, 4.69) is 15.1 Å². The molecule has 8 heteroatoms. The molecule has 7 nitrogen and oxygen atoms in total. The van der Waals surface area contributed by atoms with Crippen LogP contribution in [0.2, 0.25) is 0 Å². The number of hydrogen-bond acceptors (Lipinski definition) is 4. The lowest BCUT2D eigenvalue weighted by Crippen LogP contribution is -2.26. The zero-order chi connectivity index (χ0) is 19.6. The lowest BCUT2D eigenvalue weighted by atomic mass is 10.2. The van der Waals surface area contributed by atoms with Gasteiger partial charge in [0.15, 0.2) is 0 Å². The Kier molecular flexibility index (Phi) is 4.97. The number of rotatable bonds is 7. The van der Waals surface area contributed by atoms with Crippen molar-refractivity contribution in [3.63, 3.8) is 0 Å². The summed E-state index contributed by atoms with van der Waals surface area (Å²) in [7, 11) is -3.51. The van der Waals surface area contributed by atoms with Crippen LogP contribution in [0.3, 0.4) is 0 Å². The van der Waals surface area contributed by atoms with Crippen LogP contribution in [0, 0.1) is 0 Å². The van der Waals surface area contributed by atoms with Crippen LogP contribution in [0.25, 0.3) is 5.69 Å². The first-order valence-electron chi connectivity index (χ1n) is 9.01. The molecule has 1 amide bonds. The molecule has 4 rings (SSSR count). The molecule has 1 aromatic heterocycles. The fourth-order valence-corrected chi connectivity index (χ4v) is 4.04. The van der Waals surface area contributed by atoms with Gasteiger partial charge in [-0.1, -0.05) is 18.2 Å². The molecule has 1 aliphatic carbocycles. The molecule has 0 atom stereocenters. The minimum atomic E-state index is -3.51. The van der Waals surface area contributed by atoms with Gasteiger partial charge in [-0.3, -0.25) is 4.79 Å². The van der Waals surface area contributed by atoms with Gasteiger partial charge in [0.25, 0.3) is 5.91 Å². The van der Waals surface area contributed by atoms with Crippen LogP contribution < -0.4 is 10.0 Å². The molecule has 144 valence electrons. The topological polar surface area (TPSA) is 93.1 Å². The monoisotopic (exact) mass is 396 g/mol. The molecule has 0 bridgehead atoms. The number of amides is 1. The van der Waals surface area contributed by atoms with Gasteiger partial charge in [-0.05, 0) is 49.2 Å². The highest BCUT2D eigenvalue weighted by molar-refractivity contribution is 7.89. The Bertz CT molecular complexity index is 1070. The third-order valence-corrected chi connectivity index (χ3v) is 5.97. The van der Waals surface area contributed by atoms with Crippen molar-refractivity contribution in [2.45, 2.75) is 30.3 Å². The summed E-state index contributed by atoms with van der Waals surface area (Å²) in [4.78, 5) is 12.5. The Morgan fingerprint density at radius 1 is 1.07 bits per heavy atom. The molecule has 1 fully saturated rings. The van der Waals surface area contributed by atoms with Crippen molar-refractivity contribution < 1.29 is 13.2 Å². The quantitative estimate of drug-likeness (QED) is 0.641. The number of sulfonamides is 1. The first kappa shape index (κ1) is 18.4. The van der Waals surface area contributed by atoms with Crippen molar-refractivity contribution in [2.24, 2.45) is 0 Å². The first-order chi connectivity index (χ1) is 13.5. The van der Waals surface area contributed by atoms with Gasteiger partial charge in [0.05, 0.1) is 16.8 Å². The third kappa shape index (κ3) is 4.29. The van der Waals surface area contributed by atoms with Crippen LogP contribution in [0.5, 0.6) is 0 Å². The van der Waals surface area contributed by atoms with Gasteiger partial charge in [-0.2, -0.15) is 5.10 Å². The molecule has 3 aromatic rings. The standard InChI is InChI=1S/C20H20N4O3S/c25-20(16-6-10-19(11-7-16)28(26,27)23-17-8-9-17)21-12-15-13-22-24(14-15)18-4-2-1-3-5-18/h1-7,10-11,13-14,17,23H,8-9,12H2,(H,21,25). The SMILES string of the molecule is O=C(NCc1cnn(-c2ccccc2)c1)c1ccc(S(=O)(=O)NC2CC2)cc1. The molecule has 0 saturated heterocycles. The van der Waals surface area contributed by atoms with E-state index in [1.165, 1.54) is 24.3 Å². The maximum Gasteiger partial charge on any atom is 0.251 e. The number of carbonyl (C=O) groups excluding carboxylic acids is 1. The number of carbonyl (C=O) groups is 1. The minimum Gasteiger partial charge on any atom is -0.348 e. The van der Waals surface area contributed by atoms with E-state index in [0.717, 1.165) is 24.1 Å². The fraction of sp³-hybridized carbons (Fsp3) is 0.200. The molecular formula is C20H20N4O3S. The highest BCUT2D eigenvalue weighted by Crippen LogP contribution is 2.22. The van der Waals surface area contributed by atoms with E-state index in [0.29, 0.717) is 12.1 Å². The second-order valence-electron chi connectivity index (χ2n) is 6.73. The van der Waals surface area contributed by atoms with Crippen molar-refractivity contribution in [3.05, 3.63) is 78.1 Å². The zero-order valence-corrected chi connectivity index (χ0v) is 15.9. The molecular weight excluding hydrogens is 376 g/mol. The summed E-state index contributed by atoms with van der Waals surface area (Å²) < 4.78 is 28.7. The summed E-state index contributed by atoms with van der Waals surface area (Å²) in [6.45, 7) is 0.328. The molecule has 2 aromatic carbocycles. The Balaban J connectivity index is 1.37. The normalized spacial score (nSPS) is 14.0. The van der Waals surface area contributed by atoms with E-state index < -0.39 is 10.0 Å². The molecule has 1 saturated carbocycles. The van der Waals surface area contributed by atoms with E-state index in [1.54, 1.807) is 10.9 Å². The Hall–Kier alpha value is -2.97. The second-order valence-corrected chi connectivity index (χ2v) is 8.45. The van der Waals surface area contributed by atoms with E-state index in [4.69, 9.17) is 0 Å². The Morgan fingerprint density at radius 2 is 1.79 bits per heavy atom. The molecule has 0 aliphatic heterocycles. The van der Waals surface area contributed by atoms with E-state index in [1.807, 2.05) is 36.5 Å². The lowest BCUT2D eigenvalue weighted by molar-refractivity contribution is 0.0951. The average Bonchev–Trinajstić information content (AvgIpc) is 3.39. The van der Waals surface area contributed by atoms with E-state index in [-0.39, 0.29) is 16.8 Å². The maximum atomic E-state index is 12.3. The van der Waals surface area contributed by atoms with Crippen LogP contribution in [0.4, 0.5) is 0 Å². The van der Waals surface area contributed by atoms with E-state index >= 15 is 0 Å². The maximum absolute atomic E-state index is 12.3. The van der Waals surface area contributed by atoms with Gasteiger partial charge >= 0.3 is 0 Å². The molecule has 2 N–H and O–H groups in total. The fourth-order valence-electron chi connectivity index (χ4n) is 2.73. The van der Waals surface area contributed by atoms with Crippen molar-refractivity contribution in [1.29, 1.82) is 0 Å². The number of benzene rings is 2. The summed E-state index contributed by atoms with van der Waals surface area (Å²) in [5.41, 5.74) is 2.21.